The van der Waals surface area contributed by atoms with Gasteiger partial charge in [-0.15, -0.1) is 12.6 Å². The van der Waals surface area contributed by atoms with Crippen molar-refractivity contribution in [1.82, 2.24) is 0 Å². The molecule has 1 spiro atoms. The van der Waals surface area contributed by atoms with Gasteiger partial charge in [-0.2, -0.15) is 0 Å². The van der Waals surface area contributed by atoms with Gasteiger partial charge in [0.25, 0.3) is 0 Å². The van der Waals surface area contributed by atoms with Gasteiger partial charge in [-0.25, -0.2) is 0 Å². The van der Waals surface area contributed by atoms with Crippen LogP contribution in [0.25, 0.3) is 21.9 Å². The van der Waals surface area contributed by atoms with Crippen molar-refractivity contribution in [2.75, 3.05) is 18.0 Å². The van der Waals surface area contributed by atoms with Crippen LogP contribution in [0.2, 0.25) is 0 Å². The maximum Gasteiger partial charge on any atom is 0.0373 e. The molecule has 3 aromatic carbocycles. The molecule has 3 unspecified atom stereocenters. The molecule has 152 valence electrons. The Morgan fingerprint density at radius 2 is 1.73 bits per heavy atom. The fourth-order valence-electron chi connectivity index (χ4n) is 7.61. The summed E-state index contributed by atoms with van der Waals surface area (Å²) in [4.78, 5) is 3.73. The molecule has 3 atom stereocenters. The van der Waals surface area contributed by atoms with Crippen molar-refractivity contribution in [1.29, 1.82) is 0 Å². The Labute approximate surface area is 184 Å². The normalized spacial score (nSPS) is 29.0. The topological polar surface area (TPSA) is 3.24 Å². The molecule has 0 N–H and O–H groups in total. The lowest BCUT2D eigenvalue weighted by Crippen LogP contribution is -2.31. The van der Waals surface area contributed by atoms with Gasteiger partial charge in [-0.3, -0.25) is 0 Å². The van der Waals surface area contributed by atoms with Gasteiger partial charge in [0, 0.05) is 29.1 Å². The number of nitrogens with zero attached hydrogens (tertiary/aromatic N) is 1. The number of anilines is 1. The van der Waals surface area contributed by atoms with E-state index in [1.807, 2.05) is 0 Å². The van der Waals surface area contributed by atoms with Crippen LogP contribution in [-0.2, 0) is 5.41 Å². The molecular formula is C28H29NS. The number of hydrogen-bond donors (Lipinski definition) is 1. The average molecular weight is 412 g/mol. The molecule has 0 aromatic heterocycles. The number of benzene rings is 3. The molecule has 30 heavy (non-hydrogen) atoms. The quantitative estimate of drug-likeness (QED) is 0.414. The van der Waals surface area contributed by atoms with E-state index in [1.165, 1.54) is 85.6 Å². The van der Waals surface area contributed by atoms with Gasteiger partial charge in [0.1, 0.15) is 0 Å². The molecule has 3 aliphatic carbocycles. The van der Waals surface area contributed by atoms with Crippen molar-refractivity contribution in [2.24, 2.45) is 11.8 Å². The van der Waals surface area contributed by atoms with E-state index in [0.29, 0.717) is 0 Å². The summed E-state index contributed by atoms with van der Waals surface area (Å²) in [6, 6.07) is 19.0. The van der Waals surface area contributed by atoms with Crippen LogP contribution < -0.4 is 4.90 Å². The van der Waals surface area contributed by atoms with Gasteiger partial charge < -0.3 is 4.90 Å². The predicted molar refractivity (Wildman–Crippen MR) is 129 cm³/mol. The highest BCUT2D eigenvalue weighted by atomic mass is 32.1. The Kier molecular flexibility index (Phi) is 3.72. The van der Waals surface area contributed by atoms with Crippen molar-refractivity contribution in [3.05, 3.63) is 59.7 Å². The van der Waals surface area contributed by atoms with Gasteiger partial charge in [0.2, 0.25) is 0 Å². The molecular weight excluding hydrogens is 382 g/mol. The maximum atomic E-state index is 5.07. The zero-order chi connectivity index (χ0) is 19.9. The SMILES string of the molecule is Sc1cc2c(c3ccc(N4CCCCC4)cc13)-c1ccccc1C21CC2CCC1C2. The second kappa shape index (κ2) is 6.29. The number of hydrogen-bond acceptors (Lipinski definition) is 2. The van der Waals surface area contributed by atoms with Crippen LogP contribution in [-0.4, -0.2) is 13.1 Å². The van der Waals surface area contributed by atoms with E-state index in [4.69, 9.17) is 12.6 Å². The Bertz CT molecular complexity index is 1170. The molecule has 0 amide bonds. The summed E-state index contributed by atoms with van der Waals surface area (Å²) in [7, 11) is 0. The highest BCUT2D eigenvalue weighted by molar-refractivity contribution is 7.80. The monoisotopic (exact) mass is 411 g/mol. The van der Waals surface area contributed by atoms with Crippen LogP contribution in [0.15, 0.2) is 53.4 Å². The molecule has 1 saturated heterocycles. The first-order chi connectivity index (χ1) is 14.8. The van der Waals surface area contributed by atoms with Crippen molar-refractivity contribution in [3.8, 4) is 11.1 Å². The van der Waals surface area contributed by atoms with Gasteiger partial charge in [0.05, 0.1) is 0 Å². The third kappa shape index (κ3) is 2.21. The smallest absolute Gasteiger partial charge is 0.0373 e. The Hall–Kier alpha value is -1.93. The van der Waals surface area contributed by atoms with Crippen LogP contribution in [0.5, 0.6) is 0 Å². The number of piperidine rings is 1. The van der Waals surface area contributed by atoms with Gasteiger partial charge >= 0.3 is 0 Å². The first kappa shape index (κ1) is 17.7. The highest BCUT2D eigenvalue weighted by Gasteiger charge is 2.57. The number of rotatable bonds is 1. The minimum Gasteiger partial charge on any atom is -0.372 e. The molecule has 2 saturated carbocycles. The lowest BCUT2D eigenvalue weighted by molar-refractivity contribution is 0.327. The predicted octanol–water partition coefficient (Wildman–Crippen LogP) is 7.21. The summed E-state index contributed by atoms with van der Waals surface area (Å²) < 4.78 is 0. The zero-order valence-electron chi connectivity index (χ0n) is 17.5. The largest absolute Gasteiger partial charge is 0.372 e. The van der Waals surface area contributed by atoms with Crippen molar-refractivity contribution in [2.45, 2.75) is 55.3 Å². The van der Waals surface area contributed by atoms with E-state index in [2.05, 4.69) is 53.4 Å². The molecule has 1 heterocycles. The van der Waals surface area contributed by atoms with Crippen molar-refractivity contribution < 1.29 is 0 Å². The molecule has 1 aliphatic heterocycles. The van der Waals surface area contributed by atoms with E-state index in [0.717, 1.165) is 16.7 Å². The van der Waals surface area contributed by atoms with E-state index < -0.39 is 0 Å². The lowest BCUT2D eigenvalue weighted by atomic mass is 9.66. The Morgan fingerprint density at radius 3 is 2.53 bits per heavy atom. The number of fused-ring (bicyclic) bond motifs is 10. The summed E-state index contributed by atoms with van der Waals surface area (Å²) in [5.41, 5.74) is 7.80. The van der Waals surface area contributed by atoms with Crippen LogP contribution in [0, 0.1) is 11.8 Å². The Morgan fingerprint density at radius 1 is 0.867 bits per heavy atom. The van der Waals surface area contributed by atoms with Gasteiger partial charge in [0.15, 0.2) is 0 Å². The van der Waals surface area contributed by atoms with E-state index >= 15 is 0 Å². The zero-order valence-corrected chi connectivity index (χ0v) is 18.4. The molecule has 3 aromatic rings. The van der Waals surface area contributed by atoms with Crippen LogP contribution in [0.1, 0.15) is 56.1 Å². The third-order valence-corrected chi connectivity index (χ3v) is 9.20. The van der Waals surface area contributed by atoms with Gasteiger partial charge in [-0.05, 0) is 102 Å². The first-order valence-corrected chi connectivity index (χ1v) is 12.4. The summed E-state index contributed by atoms with van der Waals surface area (Å²) in [5, 5.41) is 2.74. The van der Waals surface area contributed by atoms with Crippen LogP contribution >= 0.6 is 12.6 Å². The lowest BCUT2D eigenvalue weighted by Gasteiger charge is -2.36. The fraction of sp³-hybridized carbons (Fsp3) is 0.429. The summed E-state index contributed by atoms with van der Waals surface area (Å²) in [6.45, 7) is 2.38. The minimum absolute atomic E-state index is 0.242. The molecule has 4 aliphatic rings. The van der Waals surface area contributed by atoms with E-state index in [-0.39, 0.29) is 5.41 Å². The fourth-order valence-corrected chi connectivity index (χ4v) is 7.92. The van der Waals surface area contributed by atoms with E-state index in [9.17, 15) is 0 Å². The Balaban J connectivity index is 1.48. The average Bonchev–Trinajstić information content (AvgIpc) is 3.48. The molecule has 7 rings (SSSR count). The summed E-state index contributed by atoms with van der Waals surface area (Å²) in [5.74, 6) is 1.72. The third-order valence-electron chi connectivity index (χ3n) is 8.83. The van der Waals surface area contributed by atoms with Crippen LogP contribution in [0.4, 0.5) is 5.69 Å². The summed E-state index contributed by atoms with van der Waals surface area (Å²) in [6.07, 6.45) is 9.59. The maximum absolute atomic E-state index is 5.07. The first-order valence-electron chi connectivity index (χ1n) is 11.9. The van der Waals surface area contributed by atoms with Crippen molar-refractivity contribution in [3.63, 3.8) is 0 Å². The second-order valence-corrected chi connectivity index (χ2v) is 10.7. The summed E-state index contributed by atoms with van der Waals surface area (Å²) >= 11 is 5.07. The second-order valence-electron chi connectivity index (χ2n) is 10.2. The van der Waals surface area contributed by atoms with Crippen LogP contribution in [0.3, 0.4) is 0 Å². The molecule has 2 bridgehead atoms. The molecule has 1 nitrogen and oxygen atoms in total. The van der Waals surface area contributed by atoms with Gasteiger partial charge in [-0.1, -0.05) is 36.8 Å². The molecule has 0 radical (unpaired) electrons. The minimum atomic E-state index is 0.242. The standard InChI is InChI=1S/C28H29NS/c30-26-16-25-27(21-11-10-20(15-23(21)26)29-12-4-1-5-13-29)22-6-2-3-7-24(22)28(25)17-18-8-9-19(28)14-18/h2-3,6-7,10-11,15-16,18-19,30H,1,4-5,8-9,12-14,17H2. The van der Waals surface area contributed by atoms with Crippen molar-refractivity contribution >= 4 is 29.1 Å². The van der Waals surface area contributed by atoms with E-state index in [1.54, 1.807) is 11.1 Å². The molecule has 3 fully saturated rings. The number of thiol groups is 1. The molecule has 2 heteroatoms. The highest BCUT2D eigenvalue weighted by Crippen LogP contribution is 2.66.